The van der Waals surface area contributed by atoms with Crippen LogP contribution in [0.1, 0.15) is 9.67 Å². The lowest BCUT2D eigenvalue weighted by atomic mass is 10.1. The minimum atomic E-state index is -5.08. The lowest BCUT2D eigenvalue weighted by molar-refractivity contribution is -0.192. The predicted molar refractivity (Wildman–Crippen MR) is 104 cm³/mol. The molecule has 1 amide bonds. The fourth-order valence-corrected chi connectivity index (χ4v) is 2.91. The number of benzene rings is 1. The fourth-order valence-electron chi connectivity index (χ4n) is 2.29. The van der Waals surface area contributed by atoms with Crippen LogP contribution in [0.4, 0.5) is 19.0 Å². The number of amides is 1. The molecule has 11 heteroatoms. The second kappa shape index (κ2) is 8.74. The van der Waals surface area contributed by atoms with Gasteiger partial charge in [0.1, 0.15) is 0 Å². The van der Waals surface area contributed by atoms with Gasteiger partial charge < -0.3 is 10.4 Å². The number of thiophene rings is 1. The van der Waals surface area contributed by atoms with Gasteiger partial charge >= 0.3 is 12.1 Å². The summed E-state index contributed by atoms with van der Waals surface area (Å²) in [5.74, 6) is -2.43. The number of anilines is 1. The molecule has 7 nitrogen and oxygen atoms in total. The number of carbonyl (C=O) groups excluding carboxylic acids is 1. The molecule has 2 N–H and O–H groups in total. The van der Waals surface area contributed by atoms with E-state index >= 15 is 0 Å². The highest BCUT2D eigenvalue weighted by molar-refractivity contribution is 7.12. The molecular formula is C19H13F3N4O3S. The monoisotopic (exact) mass is 434 g/mol. The molecule has 0 fully saturated rings. The zero-order chi connectivity index (χ0) is 21.7. The van der Waals surface area contributed by atoms with Crippen LogP contribution in [0.15, 0.2) is 66.2 Å². The van der Waals surface area contributed by atoms with E-state index in [2.05, 4.69) is 15.4 Å². The molecule has 30 heavy (non-hydrogen) atoms. The standard InChI is InChI=1S/C17H12N4OS.C2HF3O2/c22-17(14-7-4-10-23-14)19-15-11-21-16(18-15)9-8-13(20-21)12-5-2-1-3-6-12;3-2(4,5)1(6)7/h1-11H,(H,19,22);(H,6,7). The molecule has 0 radical (unpaired) electrons. The molecule has 0 saturated carbocycles. The summed E-state index contributed by atoms with van der Waals surface area (Å²) in [4.78, 5) is 26.0. The van der Waals surface area contributed by atoms with E-state index in [1.807, 2.05) is 53.9 Å². The van der Waals surface area contributed by atoms with Crippen molar-refractivity contribution < 1.29 is 27.9 Å². The lowest BCUT2D eigenvalue weighted by Gasteiger charge is -2.00. The Kier molecular flexibility index (Phi) is 6.11. The number of nitrogens with one attached hydrogen (secondary N) is 1. The number of halogens is 3. The maximum Gasteiger partial charge on any atom is 0.490 e. The third-order valence-electron chi connectivity index (χ3n) is 3.62. The number of carbonyl (C=O) groups is 2. The maximum absolute atomic E-state index is 12.1. The van der Waals surface area contributed by atoms with Crippen molar-refractivity contribution in [1.29, 1.82) is 0 Å². The van der Waals surface area contributed by atoms with Crippen LogP contribution in [-0.4, -0.2) is 37.8 Å². The number of carboxylic acid groups (broad SMARTS) is 1. The number of hydrogen-bond donors (Lipinski definition) is 2. The Labute approximate surface area is 171 Å². The first-order valence-corrected chi connectivity index (χ1v) is 9.19. The number of aliphatic carboxylic acids is 1. The highest BCUT2D eigenvalue weighted by Gasteiger charge is 2.38. The van der Waals surface area contributed by atoms with E-state index in [4.69, 9.17) is 9.90 Å². The number of alkyl halides is 3. The van der Waals surface area contributed by atoms with Crippen LogP contribution in [0.25, 0.3) is 16.9 Å². The zero-order valence-electron chi connectivity index (χ0n) is 15.0. The summed E-state index contributed by atoms with van der Waals surface area (Å²) in [5.41, 5.74) is 2.57. The molecule has 3 heterocycles. The van der Waals surface area contributed by atoms with Crippen LogP contribution in [0.5, 0.6) is 0 Å². The van der Waals surface area contributed by atoms with Crippen molar-refractivity contribution in [2.24, 2.45) is 0 Å². The molecular weight excluding hydrogens is 421 g/mol. The van der Waals surface area contributed by atoms with Crippen molar-refractivity contribution in [3.05, 3.63) is 71.1 Å². The normalized spacial score (nSPS) is 10.9. The van der Waals surface area contributed by atoms with Crippen molar-refractivity contribution in [3.8, 4) is 11.3 Å². The summed E-state index contributed by atoms with van der Waals surface area (Å²) < 4.78 is 33.4. The van der Waals surface area contributed by atoms with Crippen LogP contribution in [0.3, 0.4) is 0 Å². The number of nitrogens with zero attached hydrogens (tertiary/aromatic N) is 3. The van der Waals surface area contributed by atoms with Crippen LogP contribution in [0.2, 0.25) is 0 Å². The van der Waals surface area contributed by atoms with Crippen molar-refractivity contribution in [3.63, 3.8) is 0 Å². The Balaban J connectivity index is 0.000000318. The number of hydrogen-bond acceptors (Lipinski definition) is 5. The molecule has 0 unspecified atom stereocenters. The average molecular weight is 434 g/mol. The van der Waals surface area contributed by atoms with Gasteiger partial charge in [-0.15, -0.1) is 11.3 Å². The molecule has 0 aliphatic heterocycles. The van der Waals surface area contributed by atoms with Gasteiger partial charge in [0.25, 0.3) is 5.91 Å². The first-order valence-electron chi connectivity index (χ1n) is 8.31. The third kappa shape index (κ3) is 5.20. The van der Waals surface area contributed by atoms with E-state index in [-0.39, 0.29) is 5.91 Å². The van der Waals surface area contributed by atoms with Gasteiger partial charge in [0.05, 0.1) is 16.8 Å². The number of carboxylic acids is 1. The van der Waals surface area contributed by atoms with Crippen LogP contribution in [-0.2, 0) is 4.79 Å². The number of fused-ring (bicyclic) bond motifs is 1. The van der Waals surface area contributed by atoms with Crippen molar-refractivity contribution in [2.75, 3.05) is 5.32 Å². The smallest absolute Gasteiger partial charge is 0.475 e. The van der Waals surface area contributed by atoms with E-state index < -0.39 is 12.1 Å². The molecule has 0 aliphatic rings. The topological polar surface area (TPSA) is 96.6 Å². The maximum atomic E-state index is 12.1. The summed E-state index contributed by atoms with van der Waals surface area (Å²) in [5, 5.41) is 16.3. The lowest BCUT2D eigenvalue weighted by Crippen LogP contribution is -2.21. The summed E-state index contributed by atoms with van der Waals surface area (Å²) in [6, 6.07) is 17.4. The molecule has 1 aromatic carbocycles. The second-order valence-corrected chi connectivity index (χ2v) is 6.70. The van der Waals surface area contributed by atoms with Gasteiger partial charge in [-0.1, -0.05) is 36.4 Å². The van der Waals surface area contributed by atoms with E-state index in [9.17, 15) is 18.0 Å². The van der Waals surface area contributed by atoms with Crippen molar-refractivity contribution in [1.82, 2.24) is 14.6 Å². The van der Waals surface area contributed by atoms with E-state index in [0.717, 1.165) is 11.3 Å². The van der Waals surface area contributed by atoms with Gasteiger partial charge in [-0.2, -0.15) is 18.3 Å². The molecule has 4 rings (SSSR count). The number of imidazole rings is 1. The molecule has 4 aromatic rings. The molecule has 0 saturated heterocycles. The average Bonchev–Trinajstić information content (AvgIpc) is 3.37. The Hall–Kier alpha value is -3.73. The van der Waals surface area contributed by atoms with Gasteiger partial charge in [-0.25, -0.2) is 14.3 Å². The van der Waals surface area contributed by atoms with E-state index in [1.54, 1.807) is 16.8 Å². The quantitative estimate of drug-likeness (QED) is 0.500. The first-order chi connectivity index (χ1) is 14.2. The highest BCUT2D eigenvalue weighted by Crippen LogP contribution is 2.18. The largest absolute Gasteiger partial charge is 0.490 e. The van der Waals surface area contributed by atoms with Gasteiger partial charge in [0.2, 0.25) is 0 Å². The highest BCUT2D eigenvalue weighted by atomic mass is 32.1. The molecule has 0 aliphatic carbocycles. The summed E-state index contributed by atoms with van der Waals surface area (Å²) >= 11 is 1.39. The third-order valence-corrected chi connectivity index (χ3v) is 4.49. The zero-order valence-corrected chi connectivity index (χ0v) is 15.8. The van der Waals surface area contributed by atoms with E-state index in [0.29, 0.717) is 16.3 Å². The van der Waals surface area contributed by atoms with Crippen LogP contribution < -0.4 is 5.32 Å². The Bertz CT molecular complexity index is 1160. The summed E-state index contributed by atoms with van der Waals surface area (Å²) in [6.07, 6.45) is -3.37. The summed E-state index contributed by atoms with van der Waals surface area (Å²) in [7, 11) is 0. The first kappa shape index (κ1) is 21.0. The van der Waals surface area contributed by atoms with Gasteiger partial charge in [-0.3, -0.25) is 4.79 Å². The van der Waals surface area contributed by atoms with Crippen LogP contribution >= 0.6 is 11.3 Å². The van der Waals surface area contributed by atoms with Gasteiger partial charge in [0, 0.05) is 5.56 Å². The van der Waals surface area contributed by atoms with Gasteiger partial charge in [0.15, 0.2) is 11.5 Å². The minimum absolute atomic E-state index is 0.160. The van der Waals surface area contributed by atoms with Gasteiger partial charge in [-0.05, 0) is 23.6 Å². The Morgan fingerprint density at radius 3 is 2.33 bits per heavy atom. The van der Waals surface area contributed by atoms with E-state index in [1.165, 1.54) is 11.3 Å². The number of aromatic nitrogens is 3. The summed E-state index contributed by atoms with van der Waals surface area (Å²) in [6.45, 7) is 0. The minimum Gasteiger partial charge on any atom is -0.475 e. The fraction of sp³-hybridized carbons (Fsp3) is 0.0526. The van der Waals surface area contributed by atoms with Crippen molar-refractivity contribution in [2.45, 2.75) is 6.18 Å². The van der Waals surface area contributed by atoms with Crippen molar-refractivity contribution >= 4 is 34.7 Å². The molecule has 154 valence electrons. The Morgan fingerprint density at radius 1 is 1.03 bits per heavy atom. The Morgan fingerprint density at radius 2 is 1.73 bits per heavy atom. The molecule has 3 aromatic heterocycles. The molecule has 0 atom stereocenters. The molecule has 0 bridgehead atoms. The SMILES string of the molecule is O=C(Nc1cn2nc(-c3ccccc3)ccc2n1)c1cccs1.O=C(O)C(F)(F)F. The second-order valence-electron chi connectivity index (χ2n) is 5.75. The molecule has 0 spiro atoms. The predicted octanol–water partition coefficient (Wildman–Crippen LogP) is 4.34. The van der Waals surface area contributed by atoms with Crippen LogP contribution in [0, 0.1) is 0 Å². The number of rotatable bonds is 3.